The second-order valence-corrected chi connectivity index (χ2v) is 8.22. The first-order chi connectivity index (χ1) is 10.8. The average Bonchev–Trinajstić information content (AvgIpc) is 2.94. The maximum atomic E-state index is 10.5. The zero-order chi connectivity index (χ0) is 16.9. The van der Waals surface area contributed by atoms with Crippen LogP contribution in [0.1, 0.15) is 50.7 Å². The predicted octanol–water partition coefficient (Wildman–Crippen LogP) is 2.81. The van der Waals surface area contributed by atoms with Gasteiger partial charge in [-0.05, 0) is 19.4 Å². The van der Waals surface area contributed by atoms with Crippen molar-refractivity contribution in [3.05, 3.63) is 16.1 Å². The molecular weight excluding hydrogens is 310 g/mol. The molecule has 1 aromatic rings. The van der Waals surface area contributed by atoms with E-state index in [0.717, 1.165) is 52.1 Å². The molecular formula is C17H29N3O2S. The van der Waals surface area contributed by atoms with Crippen molar-refractivity contribution in [2.75, 3.05) is 32.7 Å². The van der Waals surface area contributed by atoms with E-state index < -0.39 is 5.97 Å². The number of piperazine rings is 1. The van der Waals surface area contributed by atoms with Crippen molar-refractivity contribution in [1.29, 1.82) is 0 Å². The molecule has 5 nitrogen and oxygen atoms in total. The number of rotatable bonds is 7. The molecule has 2 heterocycles. The van der Waals surface area contributed by atoms with Crippen molar-refractivity contribution < 1.29 is 9.90 Å². The van der Waals surface area contributed by atoms with E-state index in [0.29, 0.717) is 6.42 Å². The van der Waals surface area contributed by atoms with Gasteiger partial charge in [0, 0.05) is 49.9 Å². The van der Waals surface area contributed by atoms with Crippen LogP contribution in [0.25, 0.3) is 0 Å². The van der Waals surface area contributed by atoms with Gasteiger partial charge in [0.15, 0.2) is 0 Å². The maximum Gasteiger partial charge on any atom is 0.303 e. The molecule has 2 rings (SSSR count). The zero-order valence-electron chi connectivity index (χ0n) is 14.5. The van der Waals surface area contributed by atoms with Crippen LogP contribution < -0.4 is 0 Å². The monoisotopic (exact) mass is 339 g/mol. The number of nitrogens with zero attached hydrogens (tertiary/aromatic N) is 3. The molecule has 130 valence electrons. The van der Waals surface area contributed by atoms with Gasteiger partial charge >= 0.3 is 5.97 Å². The summed E-state index contributed by atoms with van der Waals surface area (Å²) in [5.41, 5.74) is 1.33. The van der Waals surface area contributed by atoms with Crippen LogP contribution in [-0.4, -0.2) is 58.6 Å². The van der Waals surface area contributed by atoms with Crippen LogP contribution in [-0.2, 0) is 16.8 Å². The van der Waals surface area contributed by atoms with E-state index in [1.165, 1.54) is 10.7 Å². The van der Waals surface area contributed by atoms with E-state index in [4.69, 9.17) is 10.1 Å². The fourth-order valence-electron chi connectivity index (χ4n) is 2.74. The minimum absolute atomic E-state index is 0.136. The highest BCUT2D eigenvalue weighted by Gasteiger charge is 2.20. The Kier molecular flexibility index (Phi) is 6.56. The van der Waals surface area contributed by atoms with Crippen LogP contribution in [0.2, 0.25) is 0 Å². The second-order valence-electron chi connectivity index (χ2n) is 7.36. The second kappa shape index (κ2) is 8.22. The first kappa shape index (κ1) is 18.4. The molecule has 23 heavy (non-hydrogen) atoms. The predicted molar refractivity (Wildman–Crippen MR) is 94.0 cm³/mol. The third kappa shape index (κ3) is 6.20. The van der Waals surface area contributed by atoms with Crippen molar-refractivity contribution in [2.24, 2.45) is 0 Å². The number of hydrogen-bond acceptors (Lipinski definition) is 5. The van der Waals surface area contributed by atoms with Gasteiger partial charge in [-0.2, -0.15) is 0 Å². The molecule has 6 heteroatoms. The van der Waals surface area contributed by atoms with Crippen molar-refractivity contribution >= 4 is 17.3 Å². The molecule has 0 bridgehead atoms. The summed E-state index contributed by atoms with van der Waals surface area (Å²) < 4.78 is 0. The van der Waals surface area contributed by atoms with E-state index in [-0.39, 0.29) is 5.41 Å². The van der Waals surface area contributed by atoms with Gasteiger partial charge in [-0.1, -0.05) is 20.8 Å². The standard InChI is InChI=1S/C17H29N3O2S/c1-17(2,3)16-18-14(13-23-16)12-20-10-8-19(9-11-20)7-5-4-6-15(21)22/h13H,4-12H2,1-3H3,(H,21,22). The molecule has 0 amide bonds. The summed E-state index contributed by atoms with van der Waals surface area (Å²) in [5, 5.41) is 12.1. The Balaban J connectivity index is 1.68. The van der Waals surface area contributed by atoms with E-state index >= 15 is 0 Å². The van der Waals surface area contributed by atoms with Gasteiger partial charge in [-0.15, -0.1) is 11.3 Å². The first-order valence-corrected chi connectivity index (χ1v) is 9.34. The fourth-order valence-corrected chi connectivity index (χ4v) is 3.63. The summed E-state index contributed by atoms with van der Waals surface area (Å²) in [7, 11) is 0. The highest BCUT2D eigenvalue weighted by molar-refractivity contribution is 7.09. The number of carbonyl (C=O) groups is 1. The van der Waals surface area contributed by atoms with Gasteiger partial charge in [0.1, 0.15) is 0 Å². The van der Waals surface area contributed by atoms with Crippen LogP contribution >= 0.6 is 11.3 Å². The molecule has 1 saturated heterocycles. The maximum absolute atomic E-state index is 10.5. The van der Waals surface area contributed by atoms with Crippen LogP contribution in [0.15, 0.2) is 5.38 Å². The lowest BCUT2D eigenvalue weighted by molar-refractivity contribution is -0.137. The molecule has 0 aliphatic carbocycles. The fraction of sp³-hybridized carbons (Fsp3) is 0.765. The lowest BCUT2D eigenvalue weighted by Gasteiger charge is -2.34. The van der Waals surface area contributed by atoms with Crippen LogP contribution in [0, 0.1) is 0 Å². The SMILES string of the molecule is CC(C)(C)c1nc(CN2CCN(CCCCC(=O)O)CC2)cs1. The van der Waals surface area contributed by atoms with Crippen LogP contribution in [0.3, 0.4) is 0 Å². The molecule has 1 N–H and O–H groups in total. The van der Waals surface area contributed by atoms with Crippen LogP contribution in [0.5, 0.6) is 0 Å². The highest BCUT2D eigenvalue weighted by atomic mass is 32.1. The summed E-state index contributed by atoms with van der Waals surface area (Å²) in [6, 6.07) is 0. The Labute approximate surface area is 143 Å². The van der Waals surface area contributed by atoms with Crippen molar-refractivity contribution in [2.45, 2.75) is 52.0 Å². The van der Waals surface area contributed by atoms with Crippen LogP contribution in [0.4, 0.5) is 0 Å². The molecule has 1 aromatic heterocycles. The Morgan fingerprint density at radius 1 is 1.22 bits per heavy atom. The minimum atomic E-state index is -0.687. The third-order valence-electron chi connectivity index (χ3n) is 4.16. The summed E-state index contributed by atoms with van der Waals surface area (Å²) >= 11 is 1.77. The molecule has 0 atom stereocenters. The van der Waals surface area contributed by atoms with Gasteiger partial charge in [0.2, 0.25) is 0 Å². The Hall–Kier alpha value is -0.980. The lowest BCUT2D eigenvalue weighted by atomic mass is 9.98. The Morgan fingerprint density at radius 3 is 2.43 bits per heavy atom. The normalized spacial score (nSPS) is 17.5. The van der Waals surface area contributed by atoms with Crippen molar-refractivity contribution in [3.8, 4) is 0 Å². The summed E-state index contributed by atoms with van der Waals surface area (Å²) in [5.74, 6) is -0.687. The average molecular weight is 340 g/mol. The van der Waals surface area contributed by atoms with Gasteiger partial charge in [0.25, 0.3) is 0 Å². The number of hydrogen-bond donors (Lipinski definition) is 1. The molecule has 1 aliphatic rings. The highest BCUT2D eigenvalue weighted by Crippen LogP contribution is 2.26. The van der Waals surface area contributed by atoms with E-state index in [9.17, 15) is 4.79 Å². The van der Waals surface area contributed by atoms with E-state index in [1.54, 1.807) is 11.3 Å². The molecule has 0 saturated carbocycles. The summed E-state index contributed by atoms with van der Waals surface area (Å²) in [6.07, 6.45) is 2.05. The molecule has 0 aromatic carbocycles. The number of carboxylic acid groups (broad SMARTS) is 1. The number of carboxylic acids is 1. The molecule has 0 spiro atoms. The van der Waals surface area contributed by atoms with Gasteiger partial charge in [-0.25, -0.2) is 4.98 Å². The zero-order valence-corrected chi connectivity index (χ0v) is 15.4. The van der Waals surface area contributed by atoms with Crippen molar-refractivity contribution in [3.63, 3.8) is 0 Å². The number of thiazole rings is 1. The summed E-state index contributed by atoms with van der Waals surface area (Å²) in [6.45, 7) is 12.9. The van der Waals surface area contributed by atoms with Gasteiger partial charge in [0.05, 0.1) is 10.7 Å². The Morgan fingerprint density at radius 2 is 1.87 bits per heavy atom. The summed E-state index contributed by atoms with van der Waals surface area (Å²) in [4.78, 5) is 20.2. The minimum Gasteiger partial charge on any atom is -0.481 e. The molecule has 1 fully saturated rings. The molecule has 0 radical (unpaired) electrons. The number of aromatic nitrogens is 1. The van der Waals surface area contributed by atoms with E-state index in [1.807, 2.05) is 0 Å². The largest absolute Gasteiger partial charge is 0.481 e. The van der Waals surface area contributed by atoms with Gasteiger partial charge < -0.3 is 10.0 Å². The Bertz CT molecular complexity index is 502. The molecule has 1 aliphatic heterocycles. The topological polar surface area (TPSA) is 56.7 Å². The number of unbranched alkanes of at least 4 members (excludes halogenated alkanes) is 1. The first-order valence-electron chi connectivity index (χ1n) is 8.46. The molecule has 0 unspecified atom stereocenters. The third-order valence-corrected chi connectivity index (χ3v) is 5.48. The number of aliphatic carboxylic acids is 1. The van der Waals surface area contributed by atoms with E-state index in [2.05, 4.69) is 36.0 Å². The lowest BCUT2D eigenvalue weighted by Crippen LogP contribution is -2.46. The quantitative estimate of drug-likeness (QED) is 0.774. The smallest absolute Gasteiger partial charge is 0.303 e. The van der Waals surface area contributed by atoms with Crippen molar-refractivity contribution in [1.82, 2.24) is 14.8 Å². The van der Waals surface area contributed by atoms with Gasteiger partial charge in [-0.3, -0.25) is 9.69 Å².